The molecule has 2 N–H and O–H groups in total. The smallest absolute Gasteiger partial charge is 0.251 e. The highest BCUT2D eigenvalue weighted by molar-refractivity contribution is 5.80. The Morgan fingerprint density at radius 3 is 2.55 bits per heavy atom. The molecule has 1 heterocycles. The summed E-state index contributed by atoms with van der Waals surface area (Å²) in [6, 6.07) is 11.5. The first-order chi connectivity index (χ1) is 9.69. The Kier molecular flexibility index (Phi) is 3.29. The summed E-state index contributed by atoms with van der Waals surface area (Å²) in [6.45, 7) is 0. The molecule has 1 aromatic carbocycles. The van der Waals surface area contributed by atoms with Gasteiger partial charge in [0.2, 0.25) is 0 Å². The summed E-state index contributed by atoms with van der Waals surface area (Å²) in [4.78, 5) is 12.3. The quantitative estimate of drug-likeness (QED) is 0.861. The summed E-state index contributed by atoms with van der Waals surface area (Å²) in [7, 11) is 0. The zero-order chi connectivity index (χ0) is 14.1. The topological polar surface area (TPSA) is 71.8 Å². The highest BCUT2D eigenvalue weighted by atomic mass is 16.1. The van der Waals surface area contributed by atoms with Crippen LogP contribution in [0, 0.1) is 11.3 Å². The number of nitriles is 1. The molecule has 0 amide bonds. The number of rotatable bonds is 1. The Morgan fingerprint density at radius 1 is 1.15 bits per heavy atom. The normalized spacial score (nSPS) is 22.6. The summed E-state index contributed by atoms with van der Waals surface area (Å²) >= 11 is 0. The predicted molar refractivity (Wildman–Crippen MR) is 78.4 cm³/mol. The second kappa shape index (κ2) is 5.10. The van der Waals surface area contributed by atoms with Crippen LogP contribution < -0.4 is 11.3 Å². The van der Waals surface area contributed by atoms with Gasteiger partial charge in [0.1, 0.15) is 0 Å². The number of hydrogen-bond donors (Lipinski definition) is 1. The molecule has 1 fully saturated rings. The maximum atomic E-state index is 12.3. The fourth-order valence-electron chi connectivity index (χ4n) is 3.06. The minimum absolute atomic E-state index is 0.00746. The lowest BCUT2D eigenvalue weighted by Crippen LogP contribution is -2.32. The first-order valence-corrected chi connectivity index (χ1v) is 7.00. The average molecular weight is 267 g/mol. The minimum atomic E-state index is 0.00746. The van der Waals surface area contributed by atoms with E-state index in [1.54, 1.807) is 12.1 Å². The largest absolute Gasteiger partial charge is 0.328 e. The number of aromatic nitrogens is 1. The molecular formula is C16H17N3O. The molecule has 0 aliphatic heterocycles. The van der Waals surface area contributed by atoms with Crippen molar-refractivity contribution >= 4 is 10.9 Å². The van der Waals surface area contributed by atoms with E-state index in [1.165, 1.54) is 0 Å². The van der Waals surface area contributed by atoms with Crippen LogP contribution in [0.4, 0.5) is 0 Å². The van der Waals surface area contributed by atoms with Crippen LogP contribution in [0.2, 0.25) is 0 Å². The maximum absolute atomic E-state index is 12.3. The number of nitrogens with two attached hydrogens (primary N) is 1. The molecule has 0 spiro atoms. The van der Waals surface area contributed by atoms with E-state index in [-0.39, 0.29) is 17.6 Å². The SMILES string of the molecule is N#Cc1ccc2ccc(=O)n(C3CCC(N)CC3)c2c1. The van der Waals surface area contributed by atoms with Gasteiger partial charge in [0.05, 0.1) is 17.1 Å². The van der Waals surface area contributed by atoms with Crippen molar-refractivity contribution in [1.82, 2.24) is 4.57 Å². The van der Waals surface area contributed by atoms with Crippen LogP contribution in [-0.4, -0.2) is 10.6 Å². The third kappa shape index (κ3) is 2.21. The fourth-order valence-corrected chi connectivity index (χ4v) is 3.06. The molecule has 4 heteroatoms. The Balaban J connectivity index is 2.15. The van der Waals surface area contributed by atoms with Gasteiger partial charge in [0, 0.05) is 18.2 Å². The lowest BCUT2D eigenvalue weighted by molar-refractivity contribution is 0.324. The molecule has 1 aliphatic rings. The second-order valence-corrected chi connectivity index (χ2v) is 5.50. The van der Waals surface area contributed by atoms with Gasteiger partial charge in [0.15, 0.2) is 0 Å². The molecule has 0 unspecified atom stereocenters. The summed E-state index contributed by atoms with van der Waals surface area (Å²) in [5.74, 6) is 0. The van der Waals surface area contributed by atoms with Crippen LogP contribution in [0.25, 0.3) is 10.9 Å². The van der Waals surface area contributed by atoms with E-state index in [9.17, 15) is 4.79 Å². The van der Waals surface area contributed by atoms with Gasteiger partial charge in [-0.3, -0.25) is 4.79 Å². The molecule has 0 saturated heterocycles. The van der Waals surface area contributed by atoms with Crippen molar-refractivity contribution in [2.45, 2.75) is 37.8 Å². The van der Waals surface area contributed by atoms with Gasteiger partial charge >= 0.3 is 0 Å². The van der Waals surface area contributed by atoms with Crippen molar-refractivity contribution in [3.8, 4) is 6.07 Å². The Hall–Kier alpha value is -2.12. The molecule has 0 atom stereocenters. The predicted octanol–water partition coefficient (Wildman–Crippen LogP) is 2.32. The van der Waals surface area contributed by atoms with Crippen molar-refractivity contribution in [2.75, 3.05) is 0 Å². The number of fused-ring (bicyclic) bond motifs is 1. The average Bonchev–Trinajstić information content (AvgIpc) is 2.48. The van der Waals surface area contributed by atoms with E-state index in [4.69, 9.17) is 11.0 Å². The molecule has 2 aromatic rings. The maximum Gasteiger partial charge on any atom is 0.251 e. The third-order valence-electron chi connectivity index (χ3n) is 4.17. The zero-order valence-electron chi connectivity index (χ0n) is 11.2. The van der Waals surface area contributed by atoms with E-state index >= 15 is 0 Å². The van der Waals surface area contributed by atoms with Gasteiger partial charge in [-0.2, -0.15) is 5.26 Å². The van der Waals surface area contributed by atoms with E-state index in [2.05, 4.69) is 6.07 Å². The van der Waals surface area contributed by atoms with Crippen molar-refractivity contribution in [2.24, 2.45) is 5.73 Å². The molecule has 4 nitrogen and oxygen atoms in total. The van der Waals surface area contributed by atoms with Gasteiger partial charge in [-0.05, 0) is 49.3 Å². The summed E-state index contributed by atoms with van der Waals surface area (Å²) in [6.07, 6.45) is 3.75. The molecule has 20 heavy (non-hydrogen) atoms. The van der Waals surface area contributed by atoms with Crippen molar-refractivity contribution in [3.63, 3.8) is 0 Å². The number of pyridine rings is 1. The molecule has 0 bridgehead atoms. The van der Waals surface area contributed by atoms with Gasteiger partial charge in [-0.1, -0.05) is 6.07 Å². The molecule has 3 rings (SSSR count). The number of nitrogens with zero attached hydrogens (tertiary/aromatic N) is 2. The summed E-state index contributed by atoms with van der Waals surface area (Å²) in [5.41, 5.74) is 7.39. The lowest BCUT2D eigenvalue weighted by Gasteiger charge is -2.28. The molecule has 0 radical (unpaired) electrons. The number of benzene rings is 1. The van der Waals surface area contributed by atoms with Crippen LogP contribution >= 0.6 is 0 Å². The molecule has 102 valence electrons. The molecule has 1 saturated carbocycles. The molecule has 1 aliphatic carbocycles. The van der Waals surface area contributed by atoms with Gasteiger partial charge in [-0.15, -0.1) is 0 Å². The minimum Gasteiger partial charge on any atom is -0.328 e. The monoisotopic (exact) mass is 267 g/mol. The van der Waals surface area contributed by atoms with Crippen LogP contribution in [0.15, 0.2) is 35.1 Å². The lowest BCUT2D eigenvalue weighted by atomic mass is 9.91. The van der Waals surface area contributed by atoms with Gasteiger partial charge in [-0.25, -0.2) is 0 Å². The van der Waals surface area contributed by atoms with Crippen LogP contribution in [-0.2, 0) is 0 Å². The Labute approximate surface area is 117 Å². The third-order valence-corrected chi connectivity index (χ3v) is 4.17. The Bertz CT molecular complexity index is 733. The fraction of sp³-hybridized carbons (Fsp3) is 0.375. The van der Waals surface area contributed by atoms with Crippen LogP contribution in [0.1, 0.15) is 37.3 Å². The molecule has 1 aromatic heterocycles. The summed E-state index contributed by atoms with van der Waals surface area (Å²) in [5, 5.41) is 10.0. The van der Waals surface area contributed by atoms with E-state index in [0.717, 1.165) is 36.6 Å². The highest BCUT2D eigenvalue weighted by Gasteiger charge is 2.21. The van der Waals surface area contributed by atoms with E-state index in [1.807, 2.05) is 22.8 Å². The zero-order valence-corrected chi connectivity index (χ0v) is 11.2. The first kappa shape index (κ1) is 12.9. The molecular weight excluding hydrogens is 250 g/mol. The van der Waals surface area contributed by atoms with Crippen molar-refractivity contribution in [3.05, 3.63) is 46.2 Å². The van der Waals surface area contributed by atoms with Crippen molar-refractivity contribution in [1.29, 1.82) is 5.26 Å². The van der Waals surface area contributed by atoms with Crippen molar-refractivity contribution < 1.29 is 0 Å². The second-order valence-electron chi connectivity index (χ2n) is 5.50. The number of hydrogen-bond acceptors (Lipinski definition) is 3. The summed E-state index contributed by atoms with van der Waals surface area (Å²) < 4.78 is 1.85. The van der Waals surface area contributed by atoms with Crippen LogP contribution in [0.3, 0.4) is 0 Å². The van der Waals surface area contributed by atoms with E-state index < -0.39 is 0 Å². The van der Waals surface area contributed by atoms with Gasteiger partial charge < -0.3 is 10.3 Å². The standard InChI is InChI=1S/C16H17N3O/c17-10-11-1-2-12-3-8-16(20)19(15(12)9-11)14-6-4-13(18)5-7-14/h1-3,8-9,13-14H,4-7,18H2. The Morgan fingerprint density at radius 2 is 1.85 bits per heavy atom. The van der Waals surface area contributed by atoms with Crippen LogP contribution in [0.5, 0.6) is 0 Å². The van der Waals surface area contributed by atoms with E-state index in [0.29, 0.717) is 5.56 Å². The highest BCUT2D eigenvalue weighted by Crippen LogP contribution is 2.29. The van der Waals surface area contributed by atoms with Gasteiger partial charge in [0.25, 0.3) is 5.56 Å². The first-order valence-electron chi connectivity index (χ1n) is 7.00.